The van der Waals surface area contributed by atoms with E-state index in [1.54, 1.807) is 0 Å². The van der Waals surface area contributed by atoms with Gasteiger partial charge >= 0.3 is 16.3 Å². The van der Waals surface area contributed by atoms with Crippen LogP contribution in [-0.2, 0) is 39.1 Å². The van der Waals surface area contributed by atoms with Gasteiger partial charge in [-0.05, 0) is 0 Å². The lowest BCUT2D eigenvalue weighted by molar-refractivity contribution is -0.152. The maximum Gasteiger partial charge on any atom is 0.362 e. The molecule has 0 bridgehead atoms. The SMILES string of the molecule is CO/N=C(/C(=O)N[C@@H]1C(=O)N(S(=O)(=O)O)[C@@H]1COC(=O)/C(=N/OC)c1csc(N)n1)c1csc(N)n1. The first-order valence-electron chi connectivity index (χ1n) is 9.41. The second-order valence-corrected chi connectivity index (χ2v) is 9.68. The molecule has 36 heavy (non-hydrogen) atoms. The van der Waals surface area contributed by atoms with E-state index in [4.69, 9.17) is 16.2 Å². The van der Waals surface area contributed by atoms with Crippen molar-refractivity contribution >= 4 is 72.4 Å². The molecule has 2 amide bonds. The third-order valence-corrected chi connectivity index (χ3v) is 6.69. The number of aromatic nitrogens is 2. The van der Waals surface area contributed by atoms with E-state index in [-0.39, 0.29) is 31.7 Å². The normalized spacial score (nSPS) is 18.4. The summed E-state index contributed by atoms with van der Waals surface area (Å²) in [5.74, 6) is -3.28. The average Bonchev–Trinajstić information content (AvgIpc) is 3.43. The molecular weight excluding hydrogens is 544 g/mol. The fourth-order valence-corrected chi connectivity index (χ4v) is 4.89. The standard InChI is InChI=1S/C16H18N8O9S3/c1-31-22-9(6-4-34-15(17)19-6)12(25)21-11-8(24(13(11)26)36(28,29)30)3-33-14(27)10(23-32-2)7-5-35-16(18)20-7/h4-5,8,11H,3H2,1-2H3,(H2,17,19)(H2,18,20)(H,21,25)(H,28,29,30)/b22-9+,23-10+/t8-,11+/m1/s1. The Morgan fingerprint density at radius 1 is 1.11 bits per heavy atom. The Morgan fingerprint density at radius 2 is 1.64 bits per heavy atom. The third kappa shape index (κ3) is 5.67. The van der Waals surface area contributed by atoms with E-state index in [0.29, 0.717) is 0 Å². The minimum Gasteiger partial charge on any atom is -0.458 e. The Morgan fingerprint density at radius 3 is 2.11 bits per heavy atom. The van der Waals surface area contributed by atoms with Crippen LogP contribution in [0.15, 0.2) is 21.1 Å². The van der Waals surface area contributed by atoms with Gasteiger partial charge in [0.25, 0.3) is 11.8 Å². The predicted molar refractivity (Wildman–Crippen MR) is 125 cm³/mol. The number of oxime groups is 2. The number of thiazole rings is 2. The van der Waals surface area contributed by atoms with Crippen molar-refractivity contribution in [2.24, 2.45) is 10.3 Å². The Bertz CT molecular complexity index is 1340. The van der Waals surface area contributed by atoms with Gasteiger partial charge in [-0.2, -0.15) is 8.42 Å². The molecule has 0 unspecified atom stereocenters. The van der Waals surface area contributed by atoms with Gasteiger partial charge in [-0.25, -0.2) is 19.1 Å². The van der Waals surface area contributed by atoms with Gasteiger partial charge in [0.15, 0.2) is 16.0 Å². The number of esters is 1. The summed E-state index contributed by atoms with van der Waals surface area (Å²) in [6, 6.07) is -3.06. The van der Waals surface area contributed by atoms with Crippen LogP contribution in [0.4, 0.5) is 10.3 Å². The van der Waals surface area contributed by atoms with Gasteiger partial charge in [-0.3, -0.25) is 14.1 Å². The Balaban J connectivity index is 1.79. The van der Waals surface area contributed by atoms with E-state index >= 15 is 0 Å². The summed E-state index contributed by atoms with van der Waals surface area (Å²) >= 11 is 2.02. The van der Waals surface area contributed by atoms with E-state index in [1.807, 2.05) is 0 Å². The van der Waals surface area contributed by atoms with E-state index in [1.165, 1.54) is 10.8 Å². The molecule has 2 aromatic rings. The lowest BCUT2D eigenvalue weighted by Gasteiger charge is -2.43. The summed E-state index contributed by atoms with van der Waals surface area (Å²) < 4.78 is 38.0. The van der Waals surface area contributed by atoms with Crippen LogP contribution in [-0.4, -0.2) is 89.4 Å². The van der Waals surface area contributed by atoms with E-state index in [0.717, 1.165) is 36.9 Å². The van der Waals surface area contributed by atoms with Gasteiger partial charge in [0.2, 0.25) is 5.71 Å². The zero-order valence-electron chi connectivity index (χ0n) is 18.3. The van der Waals surface area contributed by atoms with E-state index in [2.05, 4.69) is 35.3 Å². The highest BCUT2D eigenvalue weighted by molar-refractivity contribution is 7.84. The van der Waals surface area contributed by atoms with Crippen molar-refractivity contribution in [3.05, 3.63) is 22.1 Å². The number of hydrogen-bond acceptors (Lipinski definition) is 16. The first kappa shape index (κ1) is 26.7. The minimum atomic E-state index is -5.06. The number of ether oxygens (including phenoxy) is 1. The topological polar surface area (TPSA) is 251 Å². The molecule has 0 aromatic carbocycles. The van der Waals surface area contributed by atoms with Crippen LogP contribution in [0.25, 0.3) is 0 Å². The Hall–Kier alpha value is -3.88. The quantitative estimate of drug-likeness (QED) is 0.0821. The van der Waals surface area contributed by atoms with Gasteiger partial charge < -0.3 is 31.2 Å². The molecule has 3 heterocycles. The molecule has 0 aliphatic carbocycles. The molecule has 6 N–H and O–H groups in total. The van der Waals surface area contributed by atoms with Crippen LogP contribution in [0.2, 0.25) is 0 Å². The second kappa shape index (κ2) is 10.8. The molecule has 1 fully saturated rings. The van der Waals surface area contributed by atoms with Crippen LogP contribution in [0, 0.1) is 0 Å². The highest BCUT2D eigenvalue weighted by atomic mass is 32.2. The third-order valence-electron chi connectivity index (χ3n) is 4.39. The first-order chi connectivity index (χ1) is 17.0. The highest BCUT2D eigenvalue weighted by Gasteiger charge is 2.55. The highest BCUT2D eigenvalue weighted by Crippen LogP contribution is 2.25. The zero-order chi connectivity index (χ0) is 26.6. The van der Waals surface area contributed by atoms with Crippen molar-refractivity contribution in [3.8, 4) is 0 Å². The Kier molecular flexibility index (Phi) is 8.02. The molecule has 0 radical (unpaired) electrons. The number of nitrogens with two attached hydrogens (primary N) is 2. The fourth-order valence-electron chi connectivity index (χ4n) is 2.93. The van der Waals surface area contributed by atoms with Crippen LogP contribution in [0.3, 0.4) is 0 Å². The van der Waals surface area contributed by atoms with Crippen molar-refractivity contribution in [2.45, 2.75) is 12.1 Å². The maximum atomic E-state index is 12.8. The van der Waals surface area contributed by atoms with E-state index < -0.39 is 52.5 Å². The molecule has 20 heteroatoms. The van der Waals surface area contributed by atoms with Gasteiger partial charge in [0.05, 0.1) is 0 Å². The second-order valence-electron chi connectivity index (χ2n) is 6.62. The molecular formula is C16H18N8O9S3. The summed E-state index contributed by atoms with van der Waals surface area (Å²) in [6.45, 7) is -0.780. The number of anilines is 2. The number of hydrogen-bond donors (Lipinski definition) is 4. The largest absolute Gasteiger partial charge is 0.458 e. The summed E-state index contributed by atoms with van der Waals surface area (Å²) in [5, 5.41) is 12.4. The van der Waals surface area contributed by atoms with Crippen molar-refractivity contribution in [2.75, 3.05) is 32.3 Å². The van der Waals surface area contributed by atoms with Gasteiger partial charge in [-0.1, -0.05) is 10.3 Å². The monoisotopic (exact) mass is 562 g/mol. The lowest BCUT2D eigenvalue weighted by Crippen LogP contribution is -2.73. The molecule has 0 saturated carbocycles. The number of amides is 2. The average molecular weight is 563 g/mol. The van der Waals surface area contributed by atoms with Gasteiger partial charge in [0, 0.05) is 10.8 Å². The van der Waals surface area contributed by atoms with Gasteiger partial charge in [0.1, 0.15) is 44.3 Å². The minimum absolute atomic E-state index is 0.0217. The summed E-state index contributed by atoms with van der Waals surface area (Å²) in [6.07, 6.45) is 0. The molecule has 3 rings (SSSR count). The smallest absolute Gasteiger partial charge is 0.362 e. The number of nitrogens with zero attached hydrogens (tertiary/aromatic N) is 5. The molecule has 1 aliphatic heterocycles. The van der Waals surface area contributed by atoms with Crippen molar-refractivity contribution in [1.29, 1.82) is 0 Å². The van der Waals surface area contributed by atoms with Crippen molar-refractivity contribution < 1.29 is 41.8 Å². The van der Waals surface area contributed by atoms with Gasteiger partial charge in [-0.15, -0.1) is 22.7 Å². The number of β-lactam (4-membered cyclic amide) rings is 1. The summed E-state index contributed by atoms with van der Waals surface area (Å²) in [4.78, 5) is 54.8. The molecule has 2 atom stereocenters. The Labute approximate surface area is 210 Å². The lowest BCUT2D eigenvalue weighted by atomic mass is 9.99. The van der Waals surface area contributed by atoms with Crippen LogP contribution < -0.4 is 16.8 Å². The summed E-state index contributed by atoms with van der Waals surface area (Å²) in [5.41, 5.74) is 10.4. The predicted octanol–water partition coefficient (Wildman–Crippen LogP) is -1.79. The number of nitrogens with one attached hydrogen (secondary N) is 1. The molecule has 1 aliphatic rings. The maximum absolute atomic E-state index is 12.8. The van der Waals surface area contributed by atoms with E-state index in [9.17, 15) is 27.4 Å². The molecule has 1 saturated heterocycles. The molecule has 2 aromatic heterocycles. The van der Waals surface area contributed by atoms with Crippen LogP contribution >= 0.6 is 22.7 Å². The van der Waals surface area contributed by atoms with Crippen molar-refractivity contribution in [1.82, 2.24) is 19.6 Å². The summed E-state index contributed by atoms with van der Waals surface area (Å²) in [7, 11) is -2.74. The molecule has 17 nitrogen and oxygen atoms in total. The number of nitrogen functional groups attached to an aromatic ring is 2. The number of carbonyl (C=O) groups excluding carboxylic acids is 3. The van der Waals surface area contributed by atoms with Crippen LogP contribution in [0.1, 0.15) is 11.4 Å². The first-order valence-corrected chi connectivity index (χ1v) is 12.6. The number of rotatable bonds is 10. The zero-order valence-corrected chi connectivity index (χ0v) is 20.8. The number of carbonyl (C=O) groups is 3. The molecule has 0 spiro atoms. The van der Waals surface area contributed by atoms with Crippen molar-refractivity contribution in [3.63, 3.8) is 0 Å². The van der Waals surface area contributed by atoms with Crippen LogP contribution in [0.5, 0.6) is 0 Å². The molecule has 194 valence electrons. The fraction of sp³-hybridized carbons (Fsp3) is 0.312.